The van der Waals surface area contributed by atoms with Crippen molar-refractivity contribution in [2.24, 2.45) is 0 Å². The predicted octanol–water partition coefficient (Wildman–Crippen LogP) is 3.37. The van der Waals surface area contributed by atoms with Crippen molar-refractivity contribution in [3.8, 4) is 0 Å². The van der Waals surface area contributed by atoms with Gasteiger partial charge in [0.2, 0.25) is 11.9 Å². The summed E-state index contributed by atoms with van der Waals surface area (Å²) in [5.41, 5.74) is -0.225. The molecular formula is C16H17F3N4O. The minimum absolute atomic E-state index is 0.0219. The van der Waals surface area contributed by atoms with Gasteiger partial charge in [0, 0.05) is 12.4 Å². The van der Waals surface area contributed by atoms with Crippen molar-refractivity contribution >= 4 is 11.9 Å². The highest BCUT2D eigenvalue weighted by atomic mass is 19.4. The Bertz CT molecular complexity index is 721. The number of pyridine rings is 1. The number of alkyl halides is 3. The van der Waals surface area contributed by atoms with Crippen LogP contribution >= 0.6 is 0 Å². The van der Waals surface area contributed by atoms with Crippen LogP contribution in [-0.4, -0.2) is 20.9 Å². The number of amides is 1. The highest BCUT2D eigenvalue weighted by molar-refractivity contribution is 5.90. The predicted molar refractivity (Wildman–Crippen MR) is 82.3 cm³/mol. The third kappa shape index (κ3) is 4.74. The second kappa shape index (κ2) is 6.54. The quantitative estimate of drug-likeness (QED) is 0.932. The molecule has 0 spiro atoms. The molecule has 0 aliphatic heterocycles. The molecule has 128 valence electrons. The Balaban J connectivity index is 2.03. The molecular weight excluding hydrogens is 321 g/mol. The van der Waals surface area contributed by atoms with Crippen LogP contribution in [0.25, 0.3) is 0 Å². The molecule has 5 nitrogen and oxygen atoms in total. The standard InChI is InChI=1S/C16H17F3N4O/c1-15(2,3)10-8-20-14(21-9-10)23-13(24)7-11-5-4-6-12(22-11)16(17,18)19/h4-6,8-9H,7H2,1-3H3,(H,20,21,23,24). The van der Waals surface area contributed by atoms with Gasteiger partial charge >= 0.3 is 6.18 Å². The molecule has 0 atom stereocenters. The fourth-order valence-corrected chi connectivity index (χ4v) is 1.85. The van der Waals surface area contributed by atoms with Crippen molar-refractivity contribution in [2.75, 3.05) is 5.32 Å². The lowest BCUT2D eigenvalue weighted by Gasteiger charge is -2.17. The highest BCUT2D eigenvalue weighted by Crippen LogP contribution is 2.27. The van der Waals surface area contributed by atoms with Gasteiger partial charge in [-0.05, 0) is 23.1 Å². The molecule has 0 saturated carbocycles. The van der Waals surface area contributed by atoms with Crippen molar-refractivity contribution < 1.29 is 18.0 Å². The number of carbonyl (C=O) groups is 1. The smallest absolute Gasteiger partial charge is 0.294 e. The van der Waals surface area contributed by atoms with E-state index >= 15 is 0 Å². The second-order valence-electron chi connectivity index (χ2n) is 6.28. The first kappa shape index (κ1) is 17.8. The maximum absolute atomic E-state index is 12.6. The van der Waals surface area contributed by atoms with Gasteiger partial charge in [0.1, 0.15) is 5.69 Å². The Morgan fingerprint density at radius 2 is 1.75 bits per heavy atom. The van der Waals surface area contributed by atoms with Gasteiger partial charge in [-0.25, -0.2) is 15.0 Å². The molecule has 2 rings (SSSR count). The summed E-state index contributed by atoms with van der Waals surface area (Å²) >= 11 is 0. The van der Waals surface area contributed by atoms with Gasteiger partial charge < -0.3 is 0 Å². The van der Waals surface area contributed by atoms with Crippen molar-refractivity contribution in [2.45, 2.75) is 38.8 Å². The topological polar surface area (TPSA) is 67.8 Å². The van der Waals surface area contributed by atoms with Gasteiger partial charge in [-0.2, -0.15) is 13.2 Å². The lowest BCUT2D eigenvalue weighted by Crippen LogP contribution is -2.19. The first-order valence-electron chi connectivity index (χ1n) is 7.21. The number of nitrogens with zero attached hydrogens (tertiary/aromatic N) is 3. The highest BCUT2D eigenvalue weighted by Gasteiger charge is 2.32. The van der Waals surface area contributed by atoms with Crippen molar-refractivity contribution in [3.63, 3.8) is 0 Å². The summed E-state index contributed by atoms with van der Waals surface area (Å²) in [4.78, 5) is 23.4. The molecule has 1 amide bonds. The van der Waals surface area contributed by atoms with Crippen LogP contribution in [0.2, 0.25) is 0 Å². The van der Waals surface area contributed by atoms with Crippen LogP contribution in [0.1, 0.15) is 37.7 Å². The number of rotatable bonds is 3. The Morgan fingerprint density at radius 3 is 2.29 bits per heavy atom. The van der Waals surface area contributed by atoms with Crippen LogP contribution < -0.4 is 5.32 Å². The maximum atomic E-state index is 12.6. The molecule has 0 fully saturated rings. The summed E-state index contributed by atoms with van der Waals surface area (Å²) in [5, 5.41) is 2.44. The number of nitrogens with one attached hydrogen (secondary N) is 1. The number of anilines is 1. The Kier molecular flexibility index (Phi) is 4.86. The number of hydrogen-bond donors (Lipinski definition) is 1. The number of carbonyl (C=O) groups excluding carboxylic acids is 1. The third-order valence-corrected chi connectivity index (χ3v) is 3.21. The molecule has 0 bridgehead atoms. The molecule has 0 saturated heterocycles. The lowest BCUT2D eigenvalue weighted by molar-refractivity contribution is -0.141. The molecule has 1 N–H and O–H groups in total. The van der Waals surface area contributed by atoms with Gasteiger partial charge in [-0.15, -0.1) is 0 Å². The van der Waals surface area contributed by atoms with Crippen LogP contribution in [0.15, 0.2) is 30.6 Å². The molecule has 0 radical (unpaired) electrons. The summed E-state index contributed by atoms with van der Waals surface area (Å²) in [6.45, 7) is 6.01. The first-order valence-corrected chi connectivity index (χ1v) is 7.21. The Morgan fingerprint density at radius 1 is 1.12 bits per heavy atom. The summed E-state index contributed by atoms with van der Waals surface area (Å²) in [6, 6.07) is 3.43. The van der Waals surface area contributed by atoms with E-state index in [0.717, 1.165) is 11.6 Å². The fourth-order valence-electron chi connectivity index (χ4n) is 1.85. The zero-order valence-corrected chi connectivity index (χ0v) is 13.5. The molecule has 24 heavy (non-hydrogen) atoms. The SMILES string of the molecule is CC(C)(C)c1cnc(NC(=O)Cc2cccc(C(F)(F)F)n2)nc1. The van der Waals surface area contributed by atoms with Crippen LogP contribution in [0.3, 0.4) is 0 Å². The third-order valence-electron chi connectivity index (χ3n) is 3.21. The Hall–Kier alpha value is -2.51. The first-order chi connectivity index (χ1) is 11.1. The molecule has 0 aromatic carbocycles. The average molecular weight is 338 g/mol. The van der Waals surface area contributed by atoms with Gasteiger partial charge in [-0.3, -0.25) is 10.1 Å². The summed E-state index contributed by atoms with van der Waals surface area (Å²) in [6.07, 6.45) is -1.64. The fraction of sp³-hybridized carbons (Fsp3) is 0.375. The molecule has 0 aliphatic carbocycles. The average Bonchev–Trinajstić information content (AvgIpc) is 2.46. The minimum atomic E-state index is -4.54. The van der Waals surface area contributed by atoms with E-state index < -0.39 is 17.8 Å². The monoisotopic (exact) mass is 338 g/mol. The van der Waals surface area contributed by atoms with E-state index in [4.69, 9.17) is 0 Å². The summed E-state index contributed by atoms with van der Waals surface area (Å²) in [7, 11) is 0. The summed E-state index contributed by atoms with van der Waals surface area (Å²) < 4.78 is 37.8. The maximum Gasteiger partial charge on any atom is 0.433 e. The zero-order chi connectivity index (χ0) is 18.0. The van der Waals surface area contributed by atoms with Gasteiger partial charge in [0.05, 0.1) is 12.1 Å². The molecule has 2 heterocycles. The zero-order valence-electron chi connectivity index (χ0n) is 13.5. The van der Waals surface area contributed by atoms with E-state index in [2.05, 4.69) is 20.3 Å². The van der Waals surface area contributed by atoms with Gasteiger partial charge in [-0.1, -0.05) is 26.8 Å². The van der Waals surface area contributed by atoms with E-state index in [1.807, 2.05) is 20.8 Å². The van der Waals surface area contributed by atoms with E-state index in [-0.39, 0.29) is 23.5 Å². The number of aromatic nitrogens is 3. The Labute approximate surface area is 137 Å². The van der Waals surface area contributed by atoms with Crippen molar-refractivity contribution in [1.29, 1.82) is 0 Å². The normalized spacial score (nSPS) is 12.1. The van der Waals surface area contributed by atoms with Crippen LogP contribution in [-0.2, 0) is 22.8 Å². The molecule has 2 aromatic heterocycles. The van der Waals surface area contributed by atoms with E-state index in [0.29, 0.717) is 0 Å². The van der Waals surface area contributed by atoms with Crippen LogP contribution in [0, 0.1) is 0 Å². The van der Waals surface area contributed by atoms with Crippen molar-refractivity contribution in [3.05, 3.63) is 47.5 Å². The molecule has 2 aromatic rings. The summed E-state index contributed by atoms with van der Waals surface area (Å²) in [5.74, 6) is -0.440. The minimum Gasteiger partial charge on any atom is -0.294 e. The molecule has 0 aliphatic rings. The van der Waals surface area contributed by atoms with Crippen molar-refractivity contribution in [1.82, 2.24) is 15.0 Å². The second-order valence-corrected chi connectivity index (χ2v) is 6.28. The largest absolute Gasteiger partial charge is 0.433 e. The number of halogens is 3. The van der Waals surface area contributed by atoms with E-state index in [9.17, 15) is 18.0 Å². The van der Waals surface area contributed by atoms with Gasteiger partial charge in [0.25, 0.3) is 0 Å². The lowest BCUT2D eigenvalue weighted by atomic mass is 9.89. The number of hydrogen-bond acceptors (Lipinski definition) is 4. The van der Waals surface area contributed by atoms with Crippen LogP contribution in [0.5, 0.6) is 0 Å². The van der Waals surface area contributed by atoms with E-state index in [1.54, 1.807) is 12.4 Å². The molecule has 0 unspecified atom stereocenters. The molecule has 8 heteroatoms. The van der Waals surface area contributed by atoms with Gasteiger partial charge in [0.15, 0.2) is 0 Å². The van der Waals surface area contributed by atoms with Crippen LogP contribution in [0.4, 0.5) is 19.1 Å². The van der Waals surface area contributed by atoms with E-state index in [1.165, 1.54) is 12.1 Å².